The van der Waals surface area contributed by atoms with Crippen LogP contribution < -0.4 is 5.32 Å². The molecule has 0 aliphatic carbocycles. The summed E-state index contributed by atoms with van der Waals surface area (Å²) < 4.78 is 1.26. The molecule has 0 aliphatic heterocycles. The van der Waals surface area contributed by atoms with Crippen molar-refractivity contribution in [1.29, 1.82) is 0 Å². The van der Waals surface area contributed by atoms with Crippen molar-refractivity contribution in [3.63, 3.8) is 0 Å². The number of carbonyl (C=O) groups is 1. The highest BCUT2D eigenvalue weighted by Gasteiger charge is 2.14. The fraction of sp³-hybridized carbons (Fsp3) is 0.214. The van der Waals surface area contributed by atoms with Crippen LogP contribution in [0.25, 0.3) is 10.1 Å². The summed E-state index contributed by atoms with van der Waals surface area (Å²) in [5.41, 5.74) is 1.25. The Labute approximate surface area is 105 Å². The Hall–Kier alpha value is -1.61. The van der Waals surface area contributed by atoms with Crippen LogP contribution in [0.4, 0.5) is 0 Å². The second kappa shape index (κ2) is 4.72. The minimum absolute atomic E-state index is 0.0258. The van der Waals surface area contributed by atoms with Crippen LogP contribution in [0, 0.1) is 6.92 Å². The molecule has 0 aliphatic rings. The van der Waals surface area contributed by atoms with Crippen molar-refractivity contribution in [1.82, 2.24) is 5.32 Å². The SMILES string of the molecule is C=CC(=O)N[C@H](C)c1sc2ccccc2c1C. The van der Waals surface area contributed by atoms with Crippen molar-refractivity contribution in [2.24, 2.45) is 0 Å². The fourth-order valence-electron chi connectivity index (χ4n) is 1.94. The van der Waals surface area contributed by atoms with Crippen molar-refractivity contribution < 1.29 is 4.79 Å². The molecule has 1 aromatic heterocycles. The van der Waals surface area contributed by atoms with Gasteiger partial charge >= 0.3 is 0 Å². The fourth-order valence-corrected chi connectivity index (χ4v) is 3.16. The van der Waals surface area contributed by atoms with Gasteiger partial charge in [0.05, 0.1) is 6.04 Å². The summed E-state index contributed by atoms with van der Waals surface area (Å²) in [4.78, 5) is 12.5. The van der Waals surface area contributed by atoms with E-state index in [1.165, 1.54) is 26.6 Å². The molecule has 88 valence electrons. The van der Waals surface area contributed by atoms with E-state index in [1.54, 1.807) is 11.3 Å². The zero-order chi connectivity index (χ0) is 12.4. The Balaban J connectivity index is 2.38. The van der Waals surface area contributed by atoms with Gasteiger partial charge in [0.25, 0.3) is 0 Å². The first kappa shape index (κ1) is 11.9. The molecule has 0 saturated heterocycles. The van der Waals surface area contributed by atoms with Crippen LogP contribution in [0.2, 0.25) is 0 Å². The highest BCUT2D eigenvalue weighted by molar-refractivity contribution is 7.19. The van der Waals surface area contributed by atoms with Gasteiger partial charge in [0.2, 0.25) is 5.91 Å². The number of carbonyl (C=O) groups excluding carboxylic acids is 1. The van der Waals surface area contributed by atoms with Gasteiger partial charge in [0.15, 0.2) is 0 Å². The first-order valence-electron chi connectivity index (χ1n) is 5.54. The highest BCUT2D eigenvalue weighted by atomic mass is 32.1. The van der Waals surface area contributed by atoms with E-state index in [-0.39, 0.29) is 11.9 Å². The smallest absolute Gasteiger partial charge is 0.243 e. The van der Waals surface area contributed by atoms with Crippen molar-refractivity contribution in [3.05, 3.63) is 47.4 Å². The predicted molar refractivity (Wildman–Crippen MR) is 73.3 cm³/mol. The quantitative estimate of drug-likeness (QED) is 0.823. The number of fused-ring (bicyclic) bond motifs is 1. The third-order valence-corrected chi connectivity index (χ3v) is 4.27. The second-order valence-corrected chi connectivity index (χ2v) is 5.11. The maximum absolute atomic E-state index is 11.3. The van der Waals surface area contributed by atoms with Gasteiger partial charge < -0.3 is 5.32 Å². The summed E-state index contributed by atoms with van der Waals surface area (Å²) in [5.74, 6) is -0.130. The molecular formula is C14H15NOS. The molecule has 0 bridgehead atoms. The number of hydrogen-bond acceptors (Lipinski definition) is 2. The highest BCUT2D eigenvalue weighted by Crippen LogP contribution is 2.34. The van der Waals surface area contributed by atoms with Crippen molar-refractivity contribution in [2.45, 2.75) is 19.9 Å². The van der Waals surface area contributed by atoms with Crippen molar-refractivity contribution in [2.75, 3.05) is 0 Å². The van der Waals surface area contributed by atoms with Gasteiger partial charge in [-0.3, -0.25) is 4.79 Å². The Morgan fingerprint density at radius 3 is 2.82 bits per heavy atom. The van der Waals surface area contributed by atoms with Crippen LogP contribution in [0.15, 0.2) is 36.9 Å². The first-order chi connectivity index (χ1) is 8.13. The third kappa shape index (κ3) is 2.24. The Morgan fingerprint density at radius 2 is 2.18 bits per heavy atom. The van der Waals surface area contributed by atoms with Crippen LogP contribution in [0.3, 0.4) is 0 Å². The summed E-state index contributed by atoms with van der Waals surface area (Å²) >= 11 is 1.74. The minimum atomic E-state index is -0.130. The Kier molecular flexibility index (Phi) is 3.29. The lowest BCUT2D eigenvalue weighted by atomic mass is 10.1. The summed E-state index contributed by atoms with van der Waals surface area (Å²) in [6.45, 7) is 7.56. The van der Waals surface area contributed by atoms with Gasteiger partial charge in [-0.05, 0) is 36.9 Å². The van der Waals surface area contributed by atoms with Crippen molar-refractivity contribution >= 4 is 27.3 Å². The molecule has 0 saturated carbocycles. The lowest BCUT2D eigenvalue weighted by Gasteiger charge is -2.11. The number of aryl methyl sites for hydroxylation is 1. The lowest BCUT2D eigenvalue weighted by molar-refractivity contribution is -0.117. The monoisotopic (exact) mass is 245 g/mol. The predicted octanol–water partition coefficient (Wildman–Crippen LogP) is 3.57. The van der Waals surface area contributed by atoms with E-state index in [0.717, 1.165) is 0 Å². The van der Waals surface area contributed by atoms with Gasteiger partial charge in [-0.1, -0.05) is 24.8 Å². The second-order valence-electron chi connectivity index (χ2n) is 4.02. The van der Waals surface area contributed by atoms with E-state index < -0.39 is 0 Å². The van der Waals surface area contributed by atoms with Crippen LogP contribution in [-0.4, -0.2) is 5.91 Å². The molecule has 1 atom stereocenters. The largest absolute Gasteiger partial charge is 0.345 e. The molecule has 17 heavy (non-hydrogen) atoms. The average Bonchev–Trinajstić information content (AvgIpc) is 2.67. The number of benzene rings is 1. The molecule has 1 heterocycles. The van der Waals surface area contributed by atoms with Gasteiger partial charge in [-0.25, -0.2) is 0 Å². The molecule has 2 nitrogen and oxygen atoms in total. The molecule has 1 amide bonds. The summed E-state index contributed by atoms with van der Waals surface area (Å²) in [7, 11) is 0. The molecular weight excluding hydrogens is 230 g/mol. The van der Waals surface area contributed by atoms with Crippen LogP contribution in [0.5, 0.6) is 0 Å². The van der Waals surface area contributed by atoms with Crippen molar-refractivity contribution in [3.8, 4) is 0 Å². The molecule has 0 fully saturated rings. The maximum atomic E-state index is 11.3. The molecule has 2 aromatic rings. The molecule has 0 unspecified atom stereocenters. The normalized spacial score (nSPS) is 12.4. The Bertz CT molecular complexity index is 571. The molecule has 0 spiro atoms. The van der Waals surface area contributed by atoms with E-state index >= 15 is 0 Å². The molecule has 3 heteroatoms. The number of amides is 1. The average molecular weight is 245 g/mol. The topological polar surface area (TPSA) is 29.1 Å². The molecule has 1 N–H and O–H groups in total. The van der Waals surface area contributed by atoms with Crippen LogP contribution >= 0.6 is 11.3 Å². The molecule has 2 rings (SSSR count). The van der Waals surface area contributed by atoms with Gasteiger partial charge in [0.1, 0.15) is 0 Å². The molecule has 1 aromatic carbocycles. The van der Waals surface area contributed by atoms with E-state index in [2.05, 4.69) is 31.0 Å². The maximum Gasteiger partial charge on any atom is 0.243 e. The number of thiophene rings is 1. The summed E-state index contributed by atoms with van der Waals surface area (Å²) in [6.07, 6.45) is 1.30. The Morgan fingerprint density at radius 1 is 1.47 bits per heavy atom. The number of rotatable bonds is 3. The number of hydrogen-bond donors (Lipinski definition) is 1. The van der Waals surface area contributed by atoms with Crippen LogP contribution in [-0.2, 0) is 4.79 Å². The van der Waals surface area contributed by atoms with E-state index in [4.69, 9.17) is 0 Å². The number of nitrogens with one attached hydrogen (secondary N) is 1. The van der Waals surface area contributed by atoms with E-state index in [9.17, 15) is 4.79 Å². The first-order valence-corrected chi connectivity index (χ1v) is 6.36. The van der Waals surface area contributed by atoms with Gasteiger partial charge in [0, 0.05) is 9.58 Å². The van der Waals surface area contributed by atoms with E-state index in [0.29, 0.717) is 0 Å². The van der Waals surface area contributed by atoms with E-state index in [1.807, 2.05) is 19.1 Å². The molecule has 0 radical (unpaired) electrons. The minimum Gasteiger partial charge on any atom is -0.345 e. The standard InChI is InChI=1S/C14H15NOS/c1-4-13(16)15-10(3)14-9(2)11-7-5-6-8-12(11)17-14/h4-8,10H,1H2,2-3H3,(H,15,16)/t10-/m1/s1. The zero-order valence-corrected chi connectivity index (χ0v) is 10.8. The van der Waals surface area contributed by atoms with Gasteiger partial charge in [-0.2, -0.15) is 0 Å². The summed E-state index contributed by atoms with van der Waals surface area (Å²) in [6, 6.07) is 8.33. The zero-order valence-electron chi connectivity index (χ0n) is 9.99. The lowest BCUT2D eigenvalue weighted by Crippen LogP contribution is -2.24. The van der Waals surface area contributed by atoms with Gasteiger partial charge in [-0.15, -0.1) is 11.3 Å². The van der Waals surface area contributed by atoms with Crippen LogP contribution in [0.1, 0.15) is 23.4 Å². The summed E-state index contributed by atoms with van der Waals surface area (Å²) in [5, 5.41) is 4.17. The third-order valence-electron chi connectivity index (χ3n) is 2.82.